The van der Waals surface area contributed by atoms with E-state index in [1.807, 2.05) is 4.90 Å². The van der Waals surface area contributed by atoms with E-state index in [0.717, 1.165) is 26.1 Å². The molecular formula is C15H23N5O2. The van der Waals surface area contributed by atoms with Crippen molar-refractivity contribution in [1.82, 2.24) is 19.8 Å². The van der Waals surface area contributed by atoms with Gasteiger partial charge in [0, 0.05) is 38.6 Å². The first-order chi connectivity index (χ1) is 10.7. The number of aromatic nitrogens is 2. The fourth-order valence-electron chi connectivity index (χ4n) is 3.38. The number of nitrogens with two attached hydrogens (primary N) is 1. The summed E-state index contributed by atoms with van der Waals surface area (Å²) in [5.74, 6) is 0.0441. The summed E-state index contributed by atoms with van der Waals surface area (Å²) in [4.78, 5) is 25.1. The van der Waals surface area contributed by atoms with Gasteiger partial charge in [-0.05, 0) is 32.4 Å². The van der Waals surface area contributed by atoms with E-state index in [9.17, 15) is 4.79 Å². The molecule has 1 amide bonds. The van der Waals surface area contributed by atoms with Crippen molar-refractivity contribution in [1.29, 1.82) is 0 Å². The van der Waals surface area contributed by atoms with Gasteiger partial charge in [-0.2, -0.15) is 0 Å². The standard InChI is InChI=1S/C15H23N5O2/c1-22-12-8-11(9-19-6-2-3-7-19)20(10-12)15(21)13-14(16)18-5-4-17-13/h4-5,11-12H,2-3,6-10H2,1H3,(H2,16,18)/t11-,12-/m0/s1. The van der Waals surface area contributed by atoms with Crippen LogP contribution in [0.4, 0.5) is 5.82 Å². The lowest BCUT2D eigenvalue weighted by Crippen LogP contribution is -2.43. The Morgan fingerprint density at radius 2 is 2.09 bits per heavy atom. The number of methoxy groups -OCH3 is 1. The van der Waals surface area contributed by atoms with Crippen LogP contribution < -0.4 is 5.73 Å². The fraction of sp³-hybridized carbons (Fsp3) is 0.667. The quantitative estimate of drug-likeness (QED) is 0.866. The largest absolute Gasteiger partial charge is 0.382 e. The van der Waals surface area contributed by atoms with Crippen molar-refractivity contribution in [3.05, 3.63) is 18.1 Å². The lowest BCUT2D eigenvalue weighted by molar-refractivity contribution is 0.0665. The van der Waals surface area contributed by atoms with Crippen molar-refractivity contribution in [2.45, 2.75) is 31.4 Å². The Kier molecular flexibility index (Phi) is 4.54. The summed E-state index contributed by atoms with van der Waals surface area (Å²) in [6.45, 7) is 3.71. The van der Waals surface area contributed by atoms with Crippen LogP contribution in [-0.2, 0) is 4.74 Å². The third kappa shape index (κ3) is 3.05. The number of likely N-dealkylation sites (tertiary alicyclic amines) is 2. The van der Waals surface area contributed by atoms with E-state index in [4.69, 9.17) is 10.5 Å². The van der Waals surface area contributed by atoms with E-state index >= 15 is 0 Å². The van der Waals surface area contributed by atoms with Crippen molar-refractivity contribution >= 4 is 11.7 Å². The molecule has 7 nitrogen and oxygen atoms in total. The zero-order valence-electron chi connectivity index (χ0n) is 12.9. The van der Waals surface area contributed by atoms with Crippen LogP contribution in [0.5, 0.6) is 0 Å². The van der Waals surface area contributed by atoms with Gasteiger partial charge in [0.2, 0.25) is 0 Å². The van der Waals surface area contributed by atoms with E-state index in [-0.39, 0.29) is 29.6 Å². The third-order valence-corrected chi connectivity index (χ3v) is 4.57. The molecule has 3 rings (SSSR count). The minimum Gasteiger partial charge on any atom is -0.382 e. The van der Waals surface area contributed by atoms with Gasteiger partial charge >= 0.3 is 0 Å². The second-order valence-electron chi connectivity index (χ2n) is 6.00. The zero-order chi connectivity index (χ0) is 15.5. The lowest BCUT2D eigenvalue weighted by Gasteiger charge is -2.28. The number of carbonyl (C=O) groups excluding carboxylic acids is 1. The van der Waals surface area contributed by atoms with Crippen LogP contribution in [0.25, 0.3) is 0 Å². The Labute approximate surface area is 130 Å². The molecule has 0 spiro atoms. The van der Waals surface area contributed by atoms with Gasteiger partial charge in [0.25, 0.3) is 5.91 Å². The molecule has 2 aliphatic rings. The minimum atomic E-state index is -0.144. The summed E-state index contributed by atoms with van der Waals surface area (Å²) < 4.78 is 5.47. The lowest BCUT2D eigenvalue weighted by atomic mass is 10.2. The normalized spacial score (nSPS) is 25.8. The highest BCUT2D eigenvalue weighted by Gasteiger charge is 2.38. The number of carbonyl (C=O) groups is 1. The maximum Gasteiger partial charge on any atom is 0.276 e. The van der Waals surface area contributed by atoms with E-state index < -0.39 is 0 Å². The number of anilines is 1. The summed E-state index contributed by atoms with van der Waals surface area (Å²) in [7, 11) is 1.70. The van der Waals surface area contributed by atoms with Gasteiger partial charge < -0.3 is 20.3 Å². The number of nitrogen functional groups attached to an aromatic ring is 1. The fourth-order valence-corrected chi connectivity index (χ4v) is 3.38. The molecule has 7 heteroatoms. The molecule has 0 aliphatic carbocycles. The maximum atomic E-state index is 12.8. The molecule has 0 bridgehead atoms. The van der Waals surface area contributed by atoms with Gasteiger partial charge in [-0.15, -0.1) is 0 Å². The van der Waals surface area contributed by atoms with E-state index in [1.165, 1.54) is 25.2 Å². The average molecular weight is 305 g/mol. The molecule has 2 N–H and O–H groups in total. The molecule has 1 aromatic rings. The minimum absolute atomic E-state index is 0.0782. The Bertz CT molecular complexity index is 532. The van der Waals surface area contributed by atoms with Crippen LogP contribution in [0.15, 0.2) is 12.4 Å². The molecule has 2 fully saturated rings. The van der Waals surface area contributed by atoms with Crippen molar-refractivity contribution in [2.24, 2.45) is 0 Å². The molecular weight excluding hydrogens is 282 g/mol. The number of hydrogen-bond acceptors (Lipinski definition) is 6. The predicted molar refractivity (Wildman–Crippen MR) is 82.4 cm³/mol. The predicted octanol–water partition coefficient (Wildman–Crippen LogP) is 0.384. The Morgan fingerprint density at radius 3 is 2.77 bits per heavy atom. The molecule has 2 saturated heterocycles. The van der Waals surface area contributed by atoms with Crippen LogP contribution in [-0.4, -0.2) is 71.1 Å². The second kappa shape index (κ2) is 6.58. The topological polar surface area (TPSA) is 84.6 Å². The molecule has 0 saturated carbocycles. The number of ether oxygens (including phenoxy) is 1. The highest BCUT2D eigenvalue weighted by molar-refractivity contribution is 5.96. The van der Waals surface area contributed by atoms with Crippen LogP contribution >= 0.6 is 0 Å². The number of rotatable bonds is 4. The Morgan fingerprint density at radius 1 is 1.36 bits per heavy atom. The van der Waals surface area contributed by atoms with E-state index in [1.54, 1.807) is 7.11 Å². The van der Waals surface area contributed by atoms with Gasteiger partial charge in [-0.25, -0.2) is 9.97 Å². The first-order valence-corrected chi connectivity index (χ1v) is 7.81. The van der Waals surface area contributed by atoms with Crippen LogP contribution in [0.3, 0.4) is 0 Å². The molecule has 1 aromatic heterocycles. The monoisotopic (exact) mass is 305 g/mol. The van der Waals surface area contributed by atoms with Crippen LogP contribution in [0, 0.1) is 0 Å². The van der Waals surface area contributed by atoms with Crippen molar-refractivity contribution in [2.75, 3.05) is 39.0 Å². The van der Waals surface area contributed by atoms with Crippen LogP contribution in [0.2, 0.25) is 0 Å². The van der Waals surface area contributed by atoms with Crippen molar-refractivity contribution in [3.8, 4) is 0 Å². The number of nitrogens with zero attached hydrogens (tertiary/aromatic N) is 4. The van der Waals surface area contributed by atoms with E-state index in [0.29, 0.717) is 6.54 Å². The summed E-state index contributed by atoms with van der Waals surface area (Å²) >= 11 is 0. The van der Waals surface area contributed by atoms with Crippen LogP contribution in [0.1, 0.15) is 29.8 Å². The summed E-state index contributed by atoms with van der Waals surface area (Å²) in [6.07, 6.45) is 6.42. The van der Waals surface area contributed by atoms with Gasteiger partial charge in [0.05, 0.1) is 6.10 Å². The average Bonchev–Trinajstić information content (AvgIpc) is 3.17. The molecule has 3 heterocycles. The highest BCUT2D eigenvalue weighted by atomic mass is 16.5. The molecule has 2 atom stereocenters. The third-order valence-electron chi connectivity index (χ3n) is 4.57. The summed E-state index contributed by atoms with van der Waals surface area (Å²) in [6, 6.07) is 0.150. The number of hydrogen-bond donors (Lipinski definition) is 1. The van der Waals surface area contributed by atoms with Crippen molar-refractivity contribution < 1.29 is 9.53 Å². The van der Waals surface area contributed by atoms with Gasteiger partial charge in [0.1, 0.15) is 0 Å². The molecule has 0 radical (unpaired) electrons. The van der Waals surface area contributed by atoms with Gasteiger partial charge in [-0.3, -0.25) is 4.79 Å². The molecule has 0 unspecified atom stereocenters. The van der Waals surface area contributed by atoms with Gasteiger partial charge in [-0.1, -0.05) is 0 Å². The molecule has 2 aliphatic heterocycles. The zero-order valence-corrected chi connectivity index (χ0v) is 12.9. The van der Waals surface area contributed by atoms with E-state index in [2.05, 4.69) is 14.9 Å². The summed E-state index contributed by atoms with van der Waals surface area (Å²) in [5, 5.41) is 0. The maximum absolute atomic E-state index is 12.8. The van der Waals surface area contributed by atoms with Crippen molar-refractivity contribution in [3.63, 3.8) is 0 Å². The smallest absolute Gasteiger partial charge is 0.276 e. The Hall–Kier alpha value is -1.73. The Balaban J connectivity index is 1.76. The molecule has 120 valence electrons. The van der Waals surface area contributed by atoms with Gasteiger partial charge in [0.15, 0.2) is 11.5 Å². The molecule has 0 aromatic carbocycles. The second-order valence-corrected chi connectivity index (χ2v) is 6.00. The SMILES string of the molecule is CO[C@H]1C[C@@H](CN2CCCC2)N(C(=O)c2nccnc2N)C1. The summed E-state index contributed by atoms with van der Waals surface area (Å²) in [5.41, 5.74) is 6.04. The first kappa shape index (κ1) is 15.2. The number of amides is 1. The highest BCUT2D eigenvalue weighted by Crippen LogP contribution is 2.24. The first-order valence-electron chi connectivity index (χ1n) is 7.81. The molecule has 22 heavy (non-hydrogen) atoms.